The first kappa shape index (κ1) is 24.2. The van der Waals surface area contributed by atoms with E-state index in [1.165, 1.54) is 6.20 Å². The summed E-state index contributed by atoms with van der Waals surface area (Å²) in [7, 11) is 0. The Kier molecular flexibility index (Phi) is 6.65. The van der Waals surface area contributed by atoms with Crippen LogP contribution < -0.4 is 19.7 Å². The van der Waals surface area contributed by atoms with Crippen LogP contribution in [0, 0.1) is 5.82 Å². The van der Waals surface area contributed by atoms with E-state index in [1.807, 2.05) is 0 Å². The van der Waals surface area contributed by atoms with Gasteiger partial charge in [-0.2, -0.15) is 13.2 Å². The van der Waals surface area contributed by atoms with Crippen molar-refractivity contribution in [2.24, 2.45) is 0 Å². The minimum atomic E-state index is -5.26. The summed E-state index contributed by atoms with van der Waals surface area (Å²) < 4.78 is 65.9. The molecular weight excluding hydrogens is 484 g/mol. The van der Waals surface area contributed by atoms with Crippen LogP contribution in [-0.2, 0) is 4.79 Å². The molecule has 36 heavy (non-hydrogen) atoms. The van der Waals surface area contributed by atoms with Gasteiger partial charge in [0.15, 0.2) is 17.3 Å². The Balaban J connectivity index is 1.64. The summed E-state index contributed by atoms with van der Waals surface area (Å²) in [5.41, 5.74) is 0.215. The van der Waals surface area contributed by atoms with Gasteiger partial charge in [-0.05, 0) is 37.8 Å². The van der Waals surface area contributed by atoms with Gasteiger partial charge in [0.1, 0.15) is 6.10 Å². The van der Waals surface area contributed by atoms with E-state index in [9.17, 15) is 22.4 Å². The Bertz CT molecular complexity index is 1250. The number of anilines is 1. The van der Waals surface area contributed by atoms with Gasteiger partial charge in [-0.15, -0.1) is 5.10 Å². The second kappa shape index (κ2) is 9.88. The number of nitrogens with one attached hydrogen (secondary N) is 1. The van der Waals surface area contributed by atoms with Gasteiger partial charge in [0.25, 0.3) is 5.88 Å². The summed E-state index contributed by atoms with van der Waals surface area (Å²) in [6.45, 7) is 2.22. The molecule has 3 aromatic rings. The van der Waals surface area contributed by atoms with E-state index < -0.39 is 23.8 Å². The first-order valence-electron chi connectivity index (χ1n) is 11.8. The molecule has 0 spiro atoms. The lowest BCUT2D eigenvalue weighted by Gasteiger charge is -2.28. The number of hydrogen-bond donors (Lipinski definition) is 1. The number of nitrogens with zero attached hydrogens (tertiary/aromatic N) is 5. The highest BCUT2D eigenvalue weighted by Gasteiger charge is 2.43. The van der Waals surface area contributed by atoms with Crippen LogP contribution in [-0.4, -0.2) is 64.0 Å². The molecule has 13 heteroatoms. The average molecular weight is 508 g/mol. The monoisotopic (exact) mass is 508 g/mol. The number of carbonyl (C=O) groups excluding carboxylic acids is 1. The number of esters is 1. The highest BCUT2D eigenvalue weighted by molar-refractivity contribution is 5.88. The third-order valence-corrected chi connectivity index (χ3v) is 6.22. The topological polar surface area (TPSA) is 93.9 Å². The highest BCUT2D eigenvalue weighted by Crippen LogP contribution is 2.40. The molecule has 0 bridgehead atoms. The molecule has 9 nitrogen and oxygen atoms in total. The number of piperazine rings is 1. The molecule has 0 amide bonds. The van der Waals surface area contributed by atoms with E-state index in [0.29, 0.717) is 26.2 Å². The van der Waals surface area contributed by atoms with Crippen LogP contribution in [0.3, 0.4) is 0 Å². The van der Waals surface area contributed by atoms with Crippen LogP contribution in [0.15, 0.2) is 24.5 Å². The second-order valence-corrected chi connectivity index (χ2v) is 8.72. The fourth-order valence-electron chi connectivity index (χ4n) is 4.49. The molecule has 1 aliphatic heterocycles. The van der Waals surface area contributed by atoms with Crippen LogP contribution in [0.1, 0.15) is 32.1 Å². The van der Waals surface area contributed by atoms with Gasteiger partial charge in [0.2, 0.25) is 5.88 Å². The standard InChI is InChI=1S/C23H24F4N6O3/c24-16-13-33-19(30-18(16)32-11-9-28-10-12-32)17(21(31-33)36-22(34)23(25,26)27)15-7-4-8-29-20(15)35-14-5-2-1-3-6-14/h4,7-8,13-14,28H,1-3,5-6,9-12H2. The van der Waals surface area contributed by atoms with Gasteiger partial charge in [0, 0.05) is 32.4 Å². The van der Waals surface area contributed by atoms with Gasteiger partial charge in [-0.25, -0.2) is 23.7 Å². The lowest BCUT2D eigenvalue weighted by atomic mass is 9.98. The van der Waals surface area contributed by atoms with E-state index >= 15 is 0 Å². The largest absolute Gasteiger partial charge is 0.491 e. The van der Waals surface area contributed by atoms with Crippen molar-refractivity contribution in [3.8, 4) is 22.9 Å². The zero-order valence-corrected chi connectivity index (χ0v) is 19.2. The molecule has 5 rings (SSSR count). The Morgan fingerprint density at radius 2 is 1.86 bits per heavy atom. The van der Waals surface area contributed by atoms with Crippen LogP contribution in [0.2, 0.25) is 0 Å². The Labute approximate surface area is 203 Å². The van der Waals surface area contributed by atoms with Gasteiger partial charge in [-0.1, -0.05) is 6.42 Å². The number of pyridine rings is 1. The zero-order valence-electron chi connectivity index (χ0n) is 19.2. The quantitative estimate of drug-likeness (QED) is 0.414. The summed E-state index contributed by atoms with van der Waals surface area (Å²) >= 11 is 0. The molecule has 0 atom stereocenters. The SMILES string of the molecule is O=C(Oc1nn2cc(F)c(N3CCNCC3)nc2c1-c1cccnc1OC1CCCCC1)C(F)(F)F. The third kappa shape index (κ3) is 4.92. The Morgan fingerprint density at radius 3 is 2.58 bits per heavy atom. The fourth-order valence-corrected chi connectivity index (χ4v) is 4.49. The molecule has 1 N–H and O–H groups in total. The molecule has 0 aromatic carbocycles. The smallest absolute Gasteiger partial charge is 0.474 e. The summed E-state index contributed by atoms with van der Waals surface area (Å²) in [5.74, 6) is -3.65. The number of rotatable bonds is 5. The maximum atomic E-state index is 15.0. The van der Waals surface area contributed by atoms with Crippen molar-refractivity contribution in [3.63, 3.8) is 0 Å². The van der Waals surface area contributed by atoms with Crippen molar-refractivity contribution < 1.29 is 31.8 Å². The number of halogens is 4. The number of alkyl halides is 3. The van der Waals surface area contributed by atoms with Gasteiger partial charge in [-0.3, -0.25) is 0 Å². The predicted octanol–water partition coefficient (Wildman–Crippen LogP) is 3.52. The van der Waals surface area contributed by atoms with Crippen molar-refractivity contribution in [3.05, 3.63) is 30.3 Å². The second-order valence-electron chi connectivity index (χ2n) is 8.72. The summed E-state index contributed by atoms with van der Waals surface area (Å²) in [6, 6.07) is 3.14. The van der Waals surface area contributed by atoms with Crippen molar-refractivity contribution in [1.29, 1.82) is 0 Å². The number of aromatic nitrogens is 4. The van der Waals surface area contributed by atoms with Gasteiger partial charge < -0.3 is 19.7 Å². The molecule has 1 saturated heterocycles. The van der Waals surface area contributed by atoms with Crippen molar-refractivity contribution in [1.82, 2.24) is 24.9 Å². The first-order valence-corrected chi connectivity index (χ1v) is 11.8. The zero-order chi connectivity index (χ0) is 25.3. The van der Waals surface area contributed by atoms with Crippen molar-refractivity contribution in [2.75, 3.05) is 31.1 Å². The number of hydrogen-bond acceptors (Lipinski definition) is 8. The normalized spacial score (nSPS) is 17.4. The lowest BCUT2D eigenvalue weighted by Crippen LogP contribution is -2.44. The Morgan fingerprint density at radius 1 is 1.11 bits per heavy atom. The van der Waals surface area contributed by atoms with Crippen molar-refractivity contribution in [2.45, 2.75) is 44.4 Å². The van der Waals surface area contributed by atoms with Crippen molar-refractivity contribution >= 4 is 17.4 Å². The summed E-state index contributed by atoms with van der Waals surface area (Å²) in [5, 5.41) is 7.10. The third-order valence-electron chi connectivity index (χ3n) is 6.22. The molecule has 2 aliphatic rings. The van der Waals surface area contributed by atoms with Crippen LogP contribution in [0.5, 0.6) is 11.8 Å². The molecule has 0 unspecified atom stereocenters. The van der Waals surface area contributed by atoms with Crippen LogP contribution >= 0.6 is 0 Å². The number of fused-ring (bicyclic) bond motifs is 1. The van der Waals surface area contributed by atoms with E-state index in [2.05, 4.69) is 25.1 Å². The molecule has 3 aromatic heterocycles. The van der Waals surface area contributed by atoms with E-state index in [-0.39, 0.29) is 34.6 Å². The minimum Gasteiger partial charge on any atom is -0.474 e. The molecule has 0 radical (unpaired) electrons. The number of carbonyl (C=O) groups is 1. The minimum absolute atomic E-state index is 0.0106. The summed E-state index contributed by atoms with van der Waals surface area (Å²) in [6.07, 6.45) is 1.85. The van der Waals surface area contributed by atoms with E-state index in [1.54, 1.807) is 17.0 Å². The Hall–Kier alpha value is -3.48. The molecule has 2 fully saturated rings. The summed E-state index contributed by atoms with van der Waals surface area (Å²) in [4.78, 5) is 22.2. The average Bonchev–Trinajstić information content (AvgIpc) is 3.20. The maximum Gasteiger partial charge on any atom is 0.491 e. The van der Waals surface area contributed by atoms with Gasteiger partial charge in [0.05, 0.1) is 17.3 Å². The molecule has 4 heterocycles. The molecular formula is C23H24F4N6O3. The number of ether oxygens (including phenoxy) is 2. The van der Waals surface area contributed by atoms with Crippen LogP contribution in [0.25, 0.3) is 16.8 Å². The molecule has 1 aliphatic carbocycles. The predicted molar refractivity (Wildman–Crippen MR) is 120 cm³/mol. The van der Waals surface area contributed by atoms with E-state index in [4.69, 9.17) is 4.74 Å². The lowest BCUT2D eigenvalue weighted by molar-refractivity contribution is -0.189. The highest BCUT2D eigenvalue weighted by atomic mass is 19.4. The van der Waals surface area contributed by atoms with E-state index in [0.717, 1.165) is 42.8 Å². The maximum absolute atomic E-state index is 15.0. The van der Waals surface area contributed by atoms with Crippen LogP contribution in [0.4, 0.5) is 23.4 Å². The molecule has 1 saturated carbocycles. The fraction of sp³-hybridized carbons (Fsp3) is 0.478. The van der Waals surface area contributed by atoms with Gasteiger partial charge >= 0.3 is 12.1 Å². The first-order chi connectivity index (χ1) is 17.3. The molecule has 192 valence electrons.